The molecule has 3 heteroatoms. The highest BCUT2D eigenvalue weighted by molar-refractivity contribution is 5.63. The lowest BCUT2D eigenvalue weighted by atomic mass is 10.0. The summed E-state index contributed by atoms with van der Waals surface area (Å²) >= 11 is 0. The SMILES string of the molecule is OC(CNCc1cccc(-c2ccccc2)c1)c1ccncc1. The third kappa shape index (κ3) is 4.25. The van der Waals surface area contributed by atoms with Crippen molar-refractivity contribution in [2.75, 3.05) is 6.54 Å². The van der Waals surface area contributed by atoms with Gasteiger partial charge in [-0.05, 0) is 40.5 Å². The molecular formula is C20H20N2O. The Balaban J connectivity index is 1.59. The van der Waals surface area contributed by atoms with Crippen LogP contribution in [0.25, 0.3) is 11.1 Å². The van der Waals surface area contributed by atoms with Gasteiger partial charge in [0, 0.05) is 25.5 Å². The Morgan fingerprint density at radius 2 is 1.61 bits per heavy atom. The summed E-state index contributed by atoms with van der Waals surface area (Å²) in [5.74, 6) is 0. The number of aliphatic hydroxyl groups is 1. The second-order valence-electron chi connectivity index (χ2n) is 5.49. The molecule has 1 atom stereocenters. The molecule has 0 saturated heterocycles. The van der Waals surface area contributed by atoms with Crippen LogP contribution >= 0.6 is 0 Å². The number of nitrogens with one attached hydrogen (secondary N) is 1. The van der Waals surface area contributed by atoms with Crippen molar-refractivity contribution >= 4 is 0 Å². The molecule has 0 aliphatic rings. The molecule has 0 spiro atoms. The van der Waals surface area contributed by atoms with Crippen LogP contribution in [0.15, 0.2) is 79.1 Å². The molecule has 3 aromatic rings. The Hall–Kier alpha value is -2.49. The molecule has 1 unspecified atom stereocenters. The number of hydrogen-bond acceptors (Lipinski definition) is 3. The van der Waals surface area contributed by atoms with Gasteiger partial charge in [0.25, 0.3) is 0 Å². The van der Waals surface area contributed by atoms with Gasteiger partial charge < -0.3 is 10.4 Å². The van der Waals surface area contributed by atoms with Gasteiger partial charge in [0.1, 0.15) is 0 Å². The Kier molecular flexibility index (Phi) is 5.14. The van der Waals surface area contributed by atoms with Crippen molar-refractivity contribution in [1.29, 1.82) is 0 Å². The minimum Gasteiger partial charge on any atom is -0.387 e. The topological polar surface area (TPSA) is 45.1 Å². The average molecular weight is 304 g/mol. The molecule has 3 rings (SSSR count). The van der Waals surface area contributed by atoms with Gasteiger partial charge >= 0.3 is 0 Å². The van der Waals surface area contributed by atoms with Crippen molar-refractivity contribution < 1.29 is 5.11 Å². The zero-order valence-corrected chi connectivity index (χ0v) is 12.9. The number of pyridine rings is 1. The molecule has 3 nitrogen and oxygen atoms in total. The zero-order chi connectivity index (χ0) is 15.9. The number of aromatic nitrogens is 1. The van der Waals surface area contributed by atoms with Crippen LogP contribution in [0, 0.1) is 0 Å². The summed E-state index contributed by atoms with van der Waals surface area (Å²) in [6.07, 6.45) is 2.87. The van der Waals surface area contributed by atoms with E-state index in [0.717, 1.165) is 12.1 Å². The Bertz CT molecular complexity index is 729. The van der Waals surface area contributed by atoms with Crippen molar-refractivity contribution in [3.63, 3.8) is 0 Å². The first-order chi connectivity index (χ1) is 11.3. The van der Waals surface area contributed by atoms with E-state index in [9.17, 15) is 5.11 Å². The van der Waals surface area contributed by atoms with E-state index in [4.69, 9.17) is 0 Å². The molecule has 0 saturated carbocycles. The van der Waals surface area contributed by atoms with E-state index in [-0.39, 0.29) is 0 Å². The first-order valence-electron chi connectivity index (χ1n) is 7.76. The molecule has 0 fully saturated rings. The van der Waals surface area contributed by atoms with Crippen LogP contribution in [0.2, 0.25) is 0 Å². The predicted molar refractivity (Wildman–Crippen MR) is 92.8 cm³/mol. The number of aliphatic hydroxyl groups excluding tert-OH is 1. The molecule has 2 aromatic carbocycles. The summed E-state index contributed by atoms with van der Waals surface area (Å²) in [6.45, 7) is 1.24. The van der Waals surface area contributed by atoms with E-state index in [2.05, 4.69) is 46.7 Å². The van der Waals surface area contributed by atoms with E-state index in [0.29, 0.717) is 6.54 Å². The van der Waals surface area contributed by atoms with Crippen LogP contribution in [0.1, 0.15) is 17.2 Å². The van der Waals surface area contributed by atoms with Crippen LogP contribution in [0.4, 0.5) is 0 Å². The second-order valence-corrected chi connectivity index (χ2v) is 5.49. The molecule has 0 radical (unpaired) electrons. The highest BCUT2D eigenvalue weighted by Crippen LogP contribution is 2.20. The van der Waals surface area contributed by atoms with Crippen LogP contribution in [0.5, 0.6) is 0 Å². The van der Waals surface area contributed by atoms with E-state index in [1.54, 1.807) is 12.4 Å². The maximum absolute atomic E-state index is 10.1. The Morgan fingerprint density at radius 1 is 0.870 bits per heavy atom. The molecule has 1 aromatic heterocycles. The van der Waals surface area contributed by atoms with Gasteiger partial charge in [-0.25, -0.2) is 0 Å². The van der Waals surface area contributed by atoms with Crippen molar-refractivity contribution in [3.8, 4) is 11.1 Å². The van der Waals surface area contributed by atoms with Crippen molar-refractivity contribution in [2.45, 2.75) is 12.6 Å². The molecule has 23 heavy (non-hydrogen) atoms. The fourth-order valence-corrected chi connectivity index (χ4v) is 2.55. The molecule has 0 bridgehead atoms. The summed E-state index contributed by atoms with van der Waals surface area (Å²) in [5, 5.41) is 13.4. The van der Waals surface area contributed by atoms with Gasteiger partial charge in [0.05, 0.1) is 6.10 Å². The molecule has 116 valence electrons. The molecule has 0 amide bonds. The van der Waals surface area contributed by atoms with E-state index >= 15 is 0 Å². The Labute approximate surface area is 136 Å². The van der Waals surface area contributed by atoms with Crippen molar-refractivity contribution in [3.05, 3.63) is 90.3 Å². The average Bonchev–Trinajstić information content (AvgIpc) is 2.63. The lowest BCUT2D eigenvalue weighted by Crippen LogP contribution is -2.21. The highest BCUT2D eigenvalue weighted by atomic mass is 16.3. The van der Waals surface area contributed by atoms with Crippen molar-refractivity contribution in [1.82, 2.24) is 10.3 Å². The summed E-state index contributed by atoms with van der Waals surface area (Å²) in [6, 6.07) is 22.5. The van der Waals surface area contributed by atoms with E-state index in [1.807, 2.05) is 30.3 Å². The maximum atomic E-state index is 10.1. The van der Waals surface area contributed by atoms with E-state index in [1.165, 1.54) is 16.7 Å². The normalized spacial score (nSPS) is 12.0. The lowest BCUT2D eigenvalue weighted by molar-refractivity contribution is 0.174. The molecule has 2 N–H and O–H groups in total. The van der Waals surface area contributed by atoms with Crippen molar-refractivity contribution in [2.24, 2.45) is 0 Å². The quantitative estimate of drug-likeness (QED) is 0.732. The summed E-state index contributed by atoms with van der Waals surface area (Å²) in [7, 11) is 0. The number of rotatable bonds is 6. The molecular weight excluding hydrogens is 284 g/mol. The first-order valence-corrected chi connectivity index (χ1v) is 7.76. The van der Waals surface area contributed by atoms with Crippen LogP contribution in [-0.4, -0.2) is 16.6 Å². The van der Waals surface area contributed by atoms with Crippen LogP contribution in [-0.2, 0) is 6.54 Å². The highest BCUT2D eigenvalue weighted by Gasteiger charge is 2.06. The van der Waals surface area contributed by atoms with Gasteiger partial charge in [-0.3, -0.25) is 4.98 Å². The lowest BCUT2D eigenvalue weighted by Gasteiger charge is -2.12. The van der Waals surface area contributed by atoms with Gasteiger partial charge in [0.15, 0.2) is 0 Å². The molecule has 0 aliphatic carbocycles. The summed E-state index contributed by atoms with van der Waals surface area (Å²) < 4.78 is 0. The monoisotopic (exact) mass is 304 g/mol. The maximum Gasteiger partial charge on any atom is 0.0915 e. The van der Waals surface area contributed by atoms with Crippen LogP contribution < -0.4 is 5.32 Å². The predicted octanol–water partition coefficient (Wildman–Crippen LogP) is 3.57. The zero-order valence-electron chi connectivity index (χ0n) is 12.9. The summed E-state index contributed by atoms with van der Waals surface area (Å²) in [4.78, 5) is 3.96. The minimum atomic E-state index is -0.518. The van der Waals surface area contributed by atoms with Gasteiger partial charge in [-0.1, -0.05) is 48.5 Å². The third-order valence-corrected chi connectivity index (χ3v) is 3.79. The fourth-order valence-electron chi connectivity index (χ4n) is 2.55. The third-order valence-electron chi connectivity index (χ3n) is 3.79. The second kappa shape index (κ2) is 7.68. The number of benzene rings is 2. The standard InChI is InChI=1S/C20H20N2O/c23-20(18-9-11-21-12-10-18)15-22-14-16-5-4-8-19(13-16)17-6-2-1-3-7-17/h1-13,20,22-23H,14-15H2. The Morgan fingerprint density at radius 3 is 2.39 bits per heavy atom. The minimum absolute atomic E-state index is 0.513. The summed E-state index contributed by atoms with van der Waals surface area (Å²) in [5.41, 5.74) is 4.50. The van der Waals surface area contributed by atoms with Crippen LogP contribution in [0.3, 0.4) is 0 Å². The molecule has 1 heterocycles. The number of hydrogen-bond donors (Lipinski definition) is 2. The number of nitrogens with zero attached hydrogens (tertiary/aromatic N) is 1. The van der Waals surface area contributed by atoms with E-state index < -0.39 is 6.10 Å². The molecule has 0 aliphatic heterocycles. The fraction of sp³-hybridized carbons (Fsp3) is 0.150. The first kappa shape index (κ1) is 15.4. The van der Waals surface area contributed by atoms with Gasteiger partial charge in [0.2, 0.25) is 0 Å². The smallest absolute Gasteiger partial charge is 0.0915 e. The van der Waals surface area contributed by atoms with Gasteiger partial charge in [-0.2, -0.15) is 0 Å². The van der Waals surface area contributed by atoms with Gasteiger partial charge in [-0.15, -0.1) is 0 Å². The largest absolute Gasteiger partial charge is 0.387 e.